The molecule has 0 aliphatic heterocycles. The lowest BCUT2D eigenvalue weighted by Gasteiger charge is -2.21. The van der Waals surface area contributed by atoms with Crippen molar-refractivity contribution in [1.29, 1.82) is 0 Å². The van der Waals surface area contributed by atoms with Crippen molar-refractivity contribution in [1.82, 2.24) is 24.1 Å². The minimum Gasteiger partial charge on any atom is -0.309 e. The summed E-state index contributed by atoms with van der Waals surface area (Å²) in [5.74, 6) is 1.82. The van der Waals surface area contributed by atoms with E-state index in [0.717, 1.165) is 55.3 Å². The van der Waals surface area contributed by atoms with Crippen molar-refractivity contribution in [2.24, 2.45) is 0 Å². The van der Waals surface area contributed by atoms with Crippen LogP contribution in [0.5, 0.6) is 0 Å². The van der Waals surface area contributed by atoms with Crippen molar-refractivity contribution < 1.29 is 0 Å². The number of fused-ring (bicyclic) bond motifs is 9. The number of para-hydroxylation sites is 3. The molecule has 0 radical (unpaired) electrons. The molecule has 0 spiro atoms. The van der Waals surface area contributed by atoms with E-state index in [4.69, 9.17) is 15.0 Å². The molecule has 5 nitrogen and oxygen atoms in total. The Balaban J connectivity index is 1.01. The first-order valence-corrected chi connectivity index (χ1v) is 22.3. The molecule has 5 heteroatoms. The summed E-state index contributed by atoms with van der Waals surface area (Å²) in [5.41, 5.74) is 17.0. The minimum atomic E-state index is -0.175. The van der Waals surface area contributed by atoms with Crippen molar-refractivity contribution in [2.45, 2.75) is 19.3 Å². The van der Waals surface area contributed by atoms with Crippen LogP contribution in [0.2, 0.25) is 0 Å². The topological polar surface area (TPSA) is 48.5 Å². The lowest BCUT2D eigenvalue weighted by Crippen LogP contribution is -2.15. The second kappa shape index (κ2) is 14.3. The van der Waals surface area contributed by atoms with Crippen molar-refractivity contribution in [3.8, 4) is 67.8 Å². The molecule has 1 aliphatic carbocycles. The number of nitrogens with zero attached hydrogens (tertiary/aromatic N) is 5. The summed E-state index contributed by atoms with van der Waals surface area (Å²) in [4.78, 5) is 16.1. The van der Waals surface area contributed by atoms with Crippen LogP contribution in [0.15, 0.2) is 212 Å². The van der Waals surface area contributed by atoms with Crippen LogP contribution in [0.25, 0.3) is 111 Å². The predicted molar refractivity (Wildman–Crippen MR) is 268 cm³/mol. The summed E-state index contributed by atoms with van der Waals surface area (Å²) < 4.78 is 4.58. The van der Waals surface area contributed by atoms with E-state index in [0.29, 0.717) is 17.6 Å². The van der Waals surface area contributed by atoms with Crippen molar-refractivity contribution in [3.05, 3.63) is 223 Å². The van der Waals surface area contributed by atoms with E-state index in [2.05, 4.69) is 235 Å². The molecule has 0 amide bonds. The molecule has 306 valence electrons. The lowest BCUT2D eigenvalue weighted by molar-refractivity contribution is 0.660. The highest BCUT2D eigenvalue weighted by Crippen LogP contribution is 2.49. The van der Waals surface area contributed by atoms with Gasteiger partial charge in [-0.3, -0.25) is 4.57 Å². The van der Waals surface area contributed by atoms with Crippen LogP contribution in [0.3, 0.4) is 0 Å². The van der Waals surface area contributed by atoms with Crippen LogP contribution in [0.1, 0.15) is 25.0 Å². The molecule has 9 aromatic carbocycles. The highest BCUT2D eigenvalue weighted by Gasteiger charge is 2.35. The zero-order chi connectivity index (χ0) is 43.2. The van der Waals surface area contributed by atoms with Gasteiger partial charge in [-0.1, -0.05) is 172 Å². The number of rotatable bonds is 6. The predicted octanol–water partition coefficient (Wildman–Crippen LogP) is 15.0. The normalized spacial score (nSPS) is 12.9. The van der Waals surface area contributed by atoms with Crippen LogP contribution < -0.4 is 0 Å². The summed E-state index contributed by atoms with van der Waals surface area (Å²) in [6, 6.07) is 76.1. The maximum Gasteiger partial charge on any atom is 0.238 e. The molecule has 0 fully saturated rings. The Kier molecular flexibility index (Phi) is 8.18. The summed E-state index contributed by atoms with van der Waals surface area (Å²) in [6.07, 6.45) is 0. The van der Waals surface area contributed by atoms with Crippen molar-refractivity contribution >= 4 is 43.6 Å². The summed E-state index contributed by atoms with van der Waals surface area (Å²) in [5, 5.41) is 4.75. The van der Waals surface area contributed by atoms with E-state index in [9.17, 15) is 0 Å². The molecule has 3 heterocycles. The highest BCUT2D eigenvalue weighted by molar-refractivity contribution is 6.11. The maximum atomic E-state index is 5.39. The molecule has 3 aromatic heterocycles. The molecule has 0 N–H and O–H groups in total. The second-order valence-corrected chi connectivity index (χ2v) is 17.7. The van der Waals surface area contributed by atoms with Crippen LogP contribution in [0, 0.1) is 0 Å². The molecule has 0 saturated carbocycles. The number of aromatic nitrogens is 5. The van der Waals surface area contributed by atoms with Gasteiger partial charge in [0.05, 0.1) is 22.1 Å². The molecule has 13 rings (SSSR count). The number of benzene rings is 9. The summed E-state index contributed by atoms with van der Waals surface area (Å²) >= 11 is 0. The van der Waals surface area contributed by atoms with E-state index >= 15 is 0 Å². The molecule has 65 heavy (non-hydrogen) atoms. The molecule has 0 atom stereocenters. The van der Waals surface area contributed by atoms with Gasteiger partial charge < -0.3 is 4.57 Å². The quantitative estimate of drug-likeness (QED) is 0.168. The number of hydrogen-bond donors (Lipinski definition) is 0. The Morgan fingerprint density at radius 2 is 0.862 bits per heavy atom. The molecule has 0 saturated heterocycles. The average molecular weight is 832 g/mol. The van der Waals surface area contributed by atoms with Crippen molar-refractivity contribution in [2.75, 3.05) is 0 Å². The van der Waals surface area contributed by atoms with Crippen LogP contribution >= 0.6 is 0 Å². The minimum absolute atomic E-state index is 0.175. The zero-order valence-electron chi connectivity index (χ0n) is 35.9. The van der Waals surface area contributed by atoms with Gasteiger partial charge >= 0.3 is 0 Å². The van der Waals surface area contributed by atoms with E-state index in [1.165, 1.54) is 49.7 Å². The fourth-order valence-corrected chi connectivity index (χ4v) is 10.4. The molecule has 1 aliphatic rings. The molecule has 0 unspecified atom stereocenters. The fourth-order valence-electron chi connectivity index (χ4n) is 10.4. The Labute approximate surface area is 376 Å². The number of hydrogen-bond acceptors (Lipinski definition) is 3. The summed E-state index contributed by atoms with van der Waals surface area (Å²) in [7, 11) is 0. The second-order valence-electron chi connectivity index (χ2n) is 17.7. The Morgan fingerprint density at radius 3 is 1.66 bits per heavy atom. The average Bonchev–Trinajstić information content (AvgIpc) is 3.96. The third kappa shape index (κ3) is 5.82. The van der Waals surface area contributed by atoms with Crippen LogP contribution in [0.4, 0.5) is 0 Å². The molecular weight excluding hydrogens is 791 g/mol. The first kappa shape index (κ1) is 37.2. The Morgan fingerprint density at radius 1 is 0.323 bits per heavy atom. The van der Waals surface area contributed by atoms with Gasteiger partial charge in [-0.15, -0.1) is 0 Å². The monoisotopic (exact) mass is 831 g/mol. The maximum absolute atomic E-state index is 5.39. The first-order valence-electron chi connectivity index (χ1n) is 22.3. The SMILES string of the molecule is CC1(C)c2ccccc2-c2ccc(-c3nc(-c4cccc(-c5ccc6c7ccccc7n(-c7ccccc7)c6c5)c4)nc(-n4c5ccccc5c5cc(-c6ccccc6)ccc54)n3)cc21. The zero-order valence-corrected chi connectivity index (χ0v) is 35.9. The van der Waals surface area contributed by atoms with Crippen LogP contribution in [-0.2, 0) is 5.41 Å². The van der Waals surface area contributed by atoms with Gasteiger partial charge in [0.2, 0.25) is 5.95 Å². The van der Waals surface area contributed by atoms with Gasteiger partial charge in [0.15, 0.2) is 11.6 Å². The Hall–Kier alpha value is -8.41. The lowest BCUT2D eigenvalue weighted by atomic mass is 9.82. The van der Waals surface area contributed by atoms with E-state index in [1.807, 2.05) is 0 Å². The van der Waals surface area contributed by atoms with E-state index < -0.39 is 0 Å². The fraction of sp³-hybridized carbons (Fsp3) is 0.0500. The van der Waals surface area contributed by atoms with Gasteiger partial charge in [-0.05, 0) is 99.1 Å². The van der Waals surface area contributed by atoms with E-state index in [-0.39, 0.29) is 5.41 Å². The summed E-state index contributed by atoms with van der Waals surface area (Å²) in [6.45, 7) is 4.63. The van der Waals surface area contributed by atoms with Crippen LogP contribution in [-0.4, -0.2) is 24.1 Å². The van der Waals surface area contributed by atoms with Gasteiger partial charge in [-0.2, -0.15) is 9.97 Å². The third-order valence-electron chi connectivity index (χ3n) is 13.6. The smallest absolute Gasteiger partial charge is 0.238 e. The first-order chi connectivity index (χ1) is 32.0. The molecular formula is C60H41N5. The van der Waals surface area contributed by atoms with Gasteiger partial charge in [0.25, 0.3) is 0 Å². The third-order valence-corrected chi connectivity index (χ3v) is 13.6. The largest absolute Gasteiger partial charge is 0.309 e. The van der Waals surface area contributed by atoms with Gasteiger partial charge in [0.1, 0.15) is 0 Å². The van der Waals surface area contributed by atoms with Crippen molar-refractivity contribution in [3.63, 3.8) is 0 Å². The standard InChI is InChI=1S/C60H41N5/c1-60(2)51-25-12-9-22-45(51)46-31-29-43(36-52(46)60)58-61-57(62-59(63-58)65-54-27-14-11-24-48(54)50-35-40(30-33-55(50)65)38-16-5-3-6-17-38)42-19-15-18-39(34-42)41-28-32-49-47-23-10-13-26-53(47)64(56(49)37-41)44-20-7-4-8-21-44/h3-37H,1-2H3. The Bertz CT molecular complexity index is 3860. The van der Waals surface area contributed by atoms with E-state index in [1.54, 1.807) is 0 Å². The van der Waals surface area contributed by atoms with Gasteiger partial charge in [-0.25, -0.2) is 4.98 Å². The van der Waals surface area contributed by atoms with Gasteiger partial charge in [0, 0.05) is 43.8 Å². The highest BCUT2D eigenvalue weighted by atomic mass is 15.2. The molecule has 0 bridgehead atoms. The molecule has 12 aromatic rings.